The molecule has 112 valence electrons. The van der Waals surface area contributed by atoms with Gasteiger partial charge in [-0.15, -0.1) is 0 Å². The van der Waals surface area contributed by atoms with Crippen LogP contribution in [0.3, 0.4) is 0 Å². The fourth-order valence-corrected chi connectivity index (χ4v) is 3.55. The van der Waals surface area contributed by atoms with Gasteiger partial charge < -0.3 is 10.1 Å². The van der Waals surface area contributed by atoms with Gasteiger partial charge in [0.05, 0.1) is 18.8 Å². The average Bonchev–Trinajstić information content (AvgIpc) is 2.49. The molecule has 1 saturated carbocycles. The monoisotopic (exact) mass is 276 g/mol. The minimum absolute atomic E-state index is 0.305. The molecule has 3 heteroatoms. The summed E-state index contributed by atoms with van der Waals surface area (Å²) in [4.78, 5) is 4.56. The summed E-state index contributed by atoms with van der Waals surface area (Å²) in [6, 6.07) is 4.25. The topological polar surface area (TPSA) is 34.2 Å². The van der Waals surface area contributed by atoms with Crippen molar-refractivity contribution in [1.82, 2.24) is 10.3 Å². The first-order chi connectivity index (χ1) is 9.67. The molecule has 1 fully saturated rings. The number of rotatable bonds is 5. The molecular weight excluding hydrogens is 248 g/mol. The Bertz CT molecular complexity index is 411. The Kier molecular flexibility index (Phi) is 5.41. The molecule has 1 aromatic heterocycles. The van der Waals surface area contributed by atoms with Gasteiger partial charge in [-0.1, -0.05) is 13.8 Å². The highest BCUT2D eigenvalue weighted by atomic mass is 16.5. The second-order valence-corrected chi connectivity index (χ2v) is 6.28. The van der Waals surface area contributed by atoms with Gasteiger partial charge >= 0.3 is 0 Å². The molecule has 0 bridgehead atoms. The molecule has 0 spiro atoms. The Morgan fingerprint density at radius 3 is 2.40 bits per heavy atom. The molecule has 1 unspecified atom stereocenters. The SMILES string of the molecule is CNC(c1ncccc1OC)C1CCC(C(C)C)CC1. The van der Waals surface area contributed by atoms with Crippen molar-refractivity contribution >= 4 is 0 Å². The number of ether oxygens (including phenoxy) is 1. The van der Waals surface area contributed by atoms with Gasteiger partial charge in [0.2, 0.25) is 0 Å². The number of aromatic nitrogens is 1. The maximum absolute atomic E-state index is 5.48. The van der Waals surface area contributed by atoms with Crippen molar-refractivity contribution in [3.05, 3.63) is 24.0 Å². The van der Waals surface area contributed by atoms with Crippen LogP contribution in [0.15, 0.2) is 18.3 Å². The van der Waals surface area contributed by atoms with Crippen molar-refractivity contribution in [1.29, 1.82) is 0 Å². The van der Waals surface area contributed by atoms with Crippen LogP contribution in [0.1, 0.15) is 51.3 Å². The van der Waals surface area contributed by atoms with E-state index in [2.05, 4.69) is 24.1 Å². The van der Waals surface area contributed by atoms with Gasteiger partial charge in [-0.3, -0.25) is 4.98 Å². The van der Waals surface area contributed by atoms with Crippen LogP contribution < -0.4 is 10.1 Å². The fourth-order valence-electron chi connectivity index (χ4n) is 3.55. The van der Waals surface area contributed by atoms with Crippen LogP contribution in [-0.4, -0.2) is 19.1 Å². The van der Waals surface area contributed by atoms with Crippen LogP contribution in [0.2, 0.25) is 0 Å². The van der Waals surface area contributed by atoms with Crippen molar-refractivity contribution in [2.24, 2.45) is 17.8 Å². The van der Waals surface area contributed by atoms with E-state index in [-0.39, 0.29) is 0 Å². The molecule has 1 aliphatic carbocycles. The lowest BCUT2D eigenvalue weighted by Crippen LogP contribution is -2.30. The van der Waals surface area contributed by atoms with Crippen LogP contribution in [-0.2, 0) is 0 Å². The van der Waals surface area contributed by atoms with Gasteiger partial charge in [-0.05, 0) is 62.6 Å². The largest absolute Gasteiger partial charge is 0.495 e. The van der Waals surface area contributed by atoms with Crippen molar-refractivity contribution in [2.75, 3.05) is 14.2 Å². The normalized spacial score (nSPS) is 24.6. The van der Waals surface area contributed by atoms with E-state index in [0.29, 0.717) is 12.0 Å². The smallest absolute Gasteiger partial charge is 0.141 e. The molecule has 1 aliphatic rings. The maximum Gasteiger partial charge on any atom is 0.141 e. The molecule has 0 aromatic carbocycles. The number of pyridine rings is 1. The number of hydrogen-bond acceptors (Lipinski definition) is 3. The molecule has 0 amide bonds. The predicted molar refractivity (Wildman–Crippen MR) is 82.9 cm³/mol. The Balaban J connectivity index is 2.09. The van der Waals surface area contributed by atoms with E-state index in [9.17, 15) is 0 Å². The number of nitrogens with zero attached hydrogens (tertiary/aromatic N) is 1. The minimum atomic E-state index is 0.305. The summed E-state index contributed by atoms with van der Waals surface area (Å²) in [5.74, 6) is 3.28. The highest BCUT2D eigenvalue weighted by Gasteiger charge is 2.30. The highest BCUT2D eigenvalue weighted by molar-refractivity contribution is 5.30. The Labute approximate surface area is 123 Å². The highest BCUT2D eigenvalue weighted by Crippen LogP contribution is 2.40. The third-order valence-electron chi connectivity index (χ3n) is 4.86. The Morgan fingerprint density at radius 2 is 1.85 bits per heavy atom. The van der Waals surface area contributed by atoms with Crippen molar-refractivity contribution in [3.63, 3.8) is 0 Å². The molecule has 2 rings (SSSR count). The van der Waals surface area contributed by atoms with E-state index < -0.39 is 0 Å². The third kappa shape index (κ3) is 3.32. The summed E-state index contributed by atoms with van der Waals surface area (Å²) >= 11 is 0. The van der Waals surface area contributed by atoms with E-state index in [1.807, 2.05) is 25.4 Å². The molecule has 1 heterocycles. The van der Waals surface area contributed by atoms with Gasteiger partial charge in [0.1, 0.15) is 5.75 Å². The standard InChI is InChI=1S/C17H28N2O/c1-12(2)13-7-9-14(10-8-13)16(18-3)17-15(20-4)6-5-11-19-17/h5-6,11-14,16,18H,7-10H2,1-4H3. The molecule has 0 saturated heterocycles. The second-order valence-electron chi connectivity index (χ2n) is 6.28. The molecule has 1 aromatic rings. The Hall–Kier alpha value is -1.09. The average molecular weight is 276 g/mol. The van der Waals surface area contributed by atoms with Gasteiger partial charge in [0.15, 0.2) is 0 Å². The van der Waals surface area contributed by atoms with Crippen LogP contribution in [0.25, 0.3) is 0 Å². The molecule has 0 aliphatic heterocycles. The summed E-state index contributed by atoms with van der Waals surface area (Å²) < 4.78 is 5.48. The first-order valence-electron chi connectivity index (χ1n) is 7.83. The van der Waals surface area contributed by atoms with Crippen LogP contribution in [0.5, 0.6) is 5.75 Å². The van der Waals surface area contributed by atoms with Crippen LogP contribution >= 0.6 is 0 Å². The number of hydrogen-bond donors (Lipinski definition) is 1. The van der Waals surface area contributed by atoms with Crippen molar-refractivity contribution < 1.29 is 4.74 Å². The summed E-state index contributed by atoms with van der Waals surface area (Å²) in [6.45, 7) is 4.70. The lowest BCUT2D eigenvalue weighted by Gasteiger charge is -2.35. The van der Waals surface area contributed by atoms with Crippen molar-refractivity contribution in [2.45, 2.75) is 45.6 Å². The molecule has 3 nitrogen and oxygen atoms in total. The number of nitrogens with one attached hydrogen (secondary N) is 1. The first-order valence-corrected chi connectivity index (χ1v) is 7.83. The van der Waals surface area contributed by atoms with E-state index in [1.54, 1.807) is 7.11 Å². The van der Waals surface area contributed by atoms with E-state index in [1.165, 1.54) is 25.7 Å². The van der Waals surface area contributed by atoms with E-state index in [0.717, 1.165) is 23.3 Å². The van der Waals surface area contributed by atoms with Gasteiger partial charge in [0, 0.05) is 6.20 Å². The van der Waals surface area contributed by atoms with Gasteiger partial charge in [-0.25, -0.2) is 0 Å². The van der Waals surface area contributed by atoms with Crippen LogP contribution in [0.4, 0.5) is 0 Å². The zero-order valence-corrected chi connectivity index (χ0v) is 13.2. The third-order valence-corrected chi connectivity index (χ3v) is 4.86. The summed E-state index contributed by atoms with van der Waals surface area (Å²) in [5.41, 5.74) is 1.06. The van der Waals surface area contributed by atoms with Crippen molar-refractivity contribution in [3.8, 4) is 5.75 Å². The van der Waals surface area contributed by atoms with Gasteiger partial charge in [-0.2, -0.15) is 0 Å². The fraction of sp³-hybridized carbons (Fsp3) is 0.706. The van der Waals surface area contributed by atoms with Gasteiger partial charge in [0.25, 0.3) is 0 Å². The molecule has 1 N–H and O–H groups in total. The van der Waals surface area contributed by atoms with Crippen LogP contribution in [0, 0.1) is 17.8 Å². The number of methoxy groups -OCH3 is 1. The summed E-state index contributed by atoms with van der Waals surface area (Å²) in [5, 5.41) is 3.46. The zero-order valence-electron chi connectivity index (χ0n) is 13.2. The quantitative estimate of drug-likeness (QED) is 0.888. The second kappa shape index (κ2) is 7.07. The predicted octanol–water partition coefficient (Wildman–Crippen LogP) is 3.81. The summed E-state index contributed by atoms with van der Waals surface area (Å²) in [7, 11) is 3.76. The van der Waals surface area contributed by atoms with E-state index in [4.69, 9.17) is 4.74 Å². The zero-order chi connectivity index (χ0) is 14.5. The van der Waals surface area contributed by atoms with E-state index >= 15 is 0 Å². The minimum Gasteiger partial charge on any atom is -0.495 e. The lowest BCUT2D eigenvalue weighted by molar-refractivity contribution is 0.189. The Morgan fingerprint density at radius 1 is 1.20 bits per heavy atom. The summed E-state index contributed by atoms with van der Waals surface area (Å²) in [6.07, 6.45) is 7.12. The molecule has 0 radical (unpaired) electrons. The lowest BCUT2D eigenvalue weighted by atomic mass is 9.74. The molecular formula is C17H28N2O. The first kappa shape index (κ1) is 15.3. The molecule has 1 atom stereocenters. The maximum atomic E-state index is 5.48. The molecule has 20 heavy (non-hydrogen) atoms.